The fourth-order valence-electron chi connectivity index (χ4n) is 3.67. The van der Waals surface area contributed by atoms with Crippen LogP contribution in [0.25, 0.3) is 5.69 Å². The van der Waals surface area contributed by atoms with Gasteiger partial charge >= 0.3 is 0 Å². The van der Waals surface area contributed by atoms with Crippen LogP contribution in [0.1, 0.15) is 37.4 Å². The van der Waals surface area contributed by atoms with E-state index in [1.54, 1.807) is 20.5 Å². The van der Waals surface area contributed by atoms with E-state index in [-0.39, 0.29) is 17.9 Å². The van der Waals surface area contributed by atoms with Gasteiger partial charge in [0.05, 0.1) is 26.0 Å². The first-order valence-electron chi connectivity index (χ1n) is 9.86. The highest BCUT2D eigenvalue weighted by Crippen LogP contribution is 2.40. The lowest BCUT2D eigenvalue weighted by Crippen LogP contribution is -2.25. The third kappa shape index (κ3) is 3.70. The molecule has 3 aromatic rings. The van der Waals surface area contributed by atoms with E-state index in [0.717, 1.165) is 22.7 Å². The number of hydrogen-bond acceptors (Lipinski definition) is 5. The lowest BCUT2D eigenvalue weighted by atomic mass is 9.89. The Morgan fingerprint density at radius 1 is 1.07 bits per heavy atom. The fourth-order valence-corrected chi connectivity index (χ4v) is 3.67. The highest BCUT2D eigenvalue weighted by atomic mass is 16.5. The van der Waals surface area contributed by atoms with Crippen LogP contribution in [0.2, 0.25) is 0 Å². The number of amides is 1. The van der Waals surface area contributed by atoms with Crippen molar-refractivity contribution in [2.45, 2.75) is 32.3 Å². The lowest BCUT2D eigenvalue weighted by molar-refractivity contribution is -0.116. The second-order valence-corrected chi connectivity index (χ2v) is 7.43. The molecule has 1 aliphatic heterocycles. The summed E-state index contributed by atoms with van der Waals surface area (Å²) < 4.78 is 18.5. The molecule has 30 heavy (non-hydrogen) atoms. The molecule has 1 atom stereocenters. The summed E-state index contributed by atoms with van der Waals surface area (Å²) in [7, 11) is 3.24. The van der Waals surface area contributed by atoms with Crippen molar-refractivity contribution in [3.05, 3.63) is 60.0 Å². The van der Waals surface area contributed by atoms with Gasteiger partial charge in [0.25, 0.3) is 0 Å². The SMILES string of the molecule is COc1ccc(-n2cnc3c2NC(=O)CC3c2ccc(OC(C)C)c(OC)c2)cc1. The Kier molecular flexibility index (Phi) is 5.35. The minimum Gasteiger partial charge on any atom is -0.497 e. The molecule has 156 valence electrons. The van der Waals surface area contributed by atoms with Gasteiger partial charge in [-0.25, -0.2) is 4.98 Å². The van der Waals surface area contributed by atoms with Crippen molar-refractivity contribution in [3.63, 3.8) is 0 Å². The molecule has 0 saturated heterocycles. The van der Waals surface area contributed by atoms with E-state index >= 15 is 0 Å². The van der Waals surface area contributed by atoms with Crippen LogP contribution in [0.4, 0.5) is 5.82 Å². The molecule has 1 aromatic heterocycles. The first-order valence-corrected chi connectivity index (χ1v) is 9.86. The molecule has 0 aliphatic carbocycles. The monoisotopic (exact) mass is 407 g/mol. The molecule has 0 fully saturated rings. The molecular weight excluding hydrogens is 382 g/mol. The first kappa shape index (κ1) is 19.8. The Morgan fingerprint density at radius 3 is 2.50 bits per heavy atom. The third-order valence-electron chi connectivity index (χ3n) is 5.08. The van der Waals surface area contributed by atoms with Gasteiger partial charge in [0.1, 0.15) is 17.9 Å². The molecule has 2 aromatic carbocycles. The van der Waals surface area contributed by atoms with Gasteiger partial charge < -0.3 is 19.5 Å². The number of carbonyl (C=O) groups is 1. The highest BCUT2D eigenvalue weighted by Gasteiger charge is 2.31. The van der Waals surface area contributed by atoms with E-state index in [0.29, 0.717) is 23.7 Å². The standard InChI is InChI=1S/C23H25N3O4/c1-14(2)30-19-10-5-15(11-20(19)29-4)18-12-21(27)25-23-22(18)24-13-26(23)16-6-8-17(28-3)9-7-16/h5-11,13-14,18H,12H2,1-4H3,(H,25,27). The predicted molar refractivity (Wildman–Crippen MR) is 114 cm³/mol. The number of rotatable bonds is 6. The number of fused-ring (bicyclic) bond motifs is 1. The van der Waals surface area contributed by atoms with Crippen LogP contribution in [0.15, 0.2) is 48.8 Å². The highest BCUT2D eigenvalue weighted by molar-refractivity contribution is 5.94. The summed E-state index contributed by atoms with van der Waals surface area (Å²) in [5, 5.41) is 2.98. The Morgan fingerprint density at radius 2 is 1.83 bits per heavy atom. The molecule has 7 heteroatoms. The summed E-state index contributed by atoms with van der Waals surface area (Å²) in [5.74, 6) is 2.55. The lowest BCUT2D eigenvalue weighted by Gasteiger charge is -2.24. The van der Waals surface area contributed by atoms with Gasteiger partial charge in [-0.15, -0.1) is 0 Å². The number of ether oxygens (including phenoxy) is 3. The van der Waals surface area contributed by atoms with Crippen molar-refractivity contribution in [3.8, 4) is 22.9 Å². The van der Waals surface area contributed by atoms with Crippen molar-refractivity contribution in [1.82, 2.24) is 9.55 Å². The Labute approximate surface area is 175 Å². The van der Waals surface area contributed by atoms with Crippen LogP contribution >= 0.6 is 0 Å². The summed E-state index contributed by atoms with van der Waals surface area (Å²) in [4.78, 5) is 17.2. The minimum atomic E-state index is -0.171. The van der Waals surface area contributed by atoms with Gasteiger partial charge in [-0.2, -0.15) is 0 Å². The summed E-state index contributed by atoms with van der Waals surface area (Å²) in [6, 6.07) is 13.4. The number of anilines is 1. The van der Waals surface area contributed by atoms with E-state index in [9.17, 15) is 4.79 Å². The fraction of sp³-hybridized carbons (Fsp3) is 0.304. The number of hydrogen-bond donors (Lipinski definition) is 1. The number of aromatic nitrogens is 2. The molecular formula is C23H25N3O4. The van der Waals surface area contributed by atoms with Crippen LogP contribution in [0.3, 0.4) is 0 Å². The van der Waals surface area contributed by atoms with E-state index in [1.165, 1.54) is 0 Å². The molecule has 2 heterocycles. The number of benzene rings is 2. The maximum Gasteiger partial charge on any atom is 0.226 e. The second-order valence-electron chi connectivity index (χ2n) is 7.43. The van der Waals surface area contributed by atoms with E-state index < -0.39 is 0 Å². The number of methoxy groups -OCH3 is 2. The number of carbonyl (C=O) groups excluding carboxylic acids is 1. The number of nitrogens with zero attached hydrogens (tertiary/aromatic N) is 2. The summed E-state index contributed by atoms with van der Waals surface area (Å²) >= 11 is 0. The third-order valence-corrected chi connectivity index (χ3v) is 5.08. The normalized spacial score (nSPS) is 15.5. The molecule has 1 amide bonds. The quantitative estimate of drug-likeness (QED) is 0.664. The predicted octanol–water partition coefficient (Wildman–Crippen LogP) is 4.15. The Bertz CT molecular complexity index is 1060. The van der Waals surface area contributed by atoms with Crippen LogP contribution in [-0.4, -0.2) is 35.8 Å². The molecule has 4 rings (SSSR count). The molecule has 1 aliphatic rings. The van der Waals surface area contributed by atoms with Crippen LogP contribution < -0.4 is 19.5 Å². The van der Waals surface area contributed by atoms with Crippen molar-refractivity contribution >= 4 is 11.7 Å². The van der Waals surface area contributed by atoms with Gasteiger partial charge in [-0.1, -0.05) is 6.07 Å². The Hall–Kier alpha value is -3.48. The number of nitrogens with one attached hydrogen (secondary N) is 1. The second kappa shape index (κ2) is 8.10. The van der Waals surface area contributed by atoms with Gasteiger partial charge in [0, 0.05) is 18.0 Å². The molecule has 1 N–H and O–H groups in total. The number of imidazole rings is 1. The minimum absolute atomic E-state index is 0.0389. The summed E-state index contributed by atoms with van der Waals surface area (Å²) in [5.41, 5.74) is 2.67. The zero-order valence-corrected chi connectivity index (χ0v) is 17.5. The smallest absolute Gasteiger partial charge is 0.226 e. The molecule has 0 bridgehead atoms. The molecule has 7 nitrogen and oxygen atoms in total. The van der Waals surface area contributed by atoms with Gasteiger partial charge in [-0.3, -0.25) is 9.36 Å². The first-order chi connectivity index (χ1) is 14.5. The van der Waals surface area contributed by atoms with Gasteiger partial charge in [0.15, 0.2) is 11.5 Å². The largest absolute Gasteiger partial charge is 0.497 e. The Balaban J connectivity index is 1.72. The van der Waals surface area contributed by atoms with Crippen molar-refractivity contribution in [2.75, 3.05) is 19.5 Å². The van der Waals surface area contributed by atoms with Gasteiger partial charge in [-0.05, 0) is 55.8 Å². The molecule has 0 radical (unpaired) electrons. The maximum atomic E-state index is 12.5. The topological polar surface area (TPSA) is 74.6 Å². The summed E-state index contributed by atoms with van der Waals surface area (Å²) in [6.07, 6.45) is 2.09. The zero-order valence-electron chi connectivity index (χ0n) is 17.5. The van der Waals surface area contributed by atoms with Crippen LogP contribution in [-0.2, 0) is 4.79 Å². The maximum absolute atomic E-state index is 12.5. The van der Waals surface area contributed by atoms with E-state index in [1.807, 2.05) is 60.9 Å². The summed E-state index contributed by atoms with van der Waals surface area (Å²) in [6.45, 7) is 3.94. The van der Waals surface area contributed by atoms with Crippen molar-refractivity contribution < 1.29 is 19.0 Å². The molecule has 1 unspecified atom stereocenters. The van der Waals surface area contributed by atoms with E-state index in [2.05, 4.69) is 10.3 Å². The zero-order chi connectivity index (χ0) is 21.3. The molecule has 0 spiro atoms. The average Bonchev–Trinajstić information content (AvgIpc) is 3.17. The molecule has 0 saturated carbocycles. The van der Waals surface area contributed by atoms with E-state index in [4.69, 9.17) is 14.2 Å². The van der Waals surface area contributed by atoms with Crippen molar-refractivity contribution in [2.24, 2.45) is 0 Å². The average molecular weight is 407 g/mol. The van der Waals surface area contributed by atoms with Crippen molar-refractivity contribution in [1.29, 1.82) is 0 Å². The van der Waals surface area contributed by atoms with Crippen LogP contribution in [0, 0.1) is 0 Å². The van der Waals surface area contributed by atoms with Gasteiger partial charge in [0.2, 0.25) is 5.91 Å². The van der Waals surface area contributed by atoms with Crippen LogP contribution in [0.5, 0.6) is 17.2 Å².